The van der Waals surface area contributed by atoms with Crippen molar-refractivity contribution < 1.29 is 5.11 Å². The van der Waals surface area contributed by atoms with Crippen molar-refractivity contribution in [2.24, 2.45) is 12.9 Å². The summed E-state index contributed by atoms with van der Waals surface area (Å²) in [6.07, 6.45) is 2.45. The van der Waals surface area contributed by atoms with E-state index in [0.29, 0.717) is 22.6 Å². The van der Waals surface area contributed by atoms with Crippen LogP contribution in [0, 0.1) is 0 Å². The standard InChI is InChI=1S/C11H18N6OS/c1-7(3-4-18)19-6-9-14-10(16-12)8-5-13-17(2)11(8)15-9/h5,7,18H,3-4,6,12H2,1-2H3,(H,14,15,16). The smallest absolute Gasteiger partial charge is 0.163 e. The molecule has 19 heavy (non-hydrogen) atoms. The van der Waals surface area contributed by atoms with E-state index in [-0.39, 0.29) is 6.61 Å². The third kappa shape index (κ3) is 3.14. The van der Waals surface area contributed by atoms with Gasteiger partial charge in [0.05, 0.1) is 17.3 Å². The Bertz CT molecular complexity index is 557. The molecule has 104 valence electrons. The first-order chi connectivity index (χ1) is 9.15. The van der Waals surface area contributed by atoms with Gasteiger partial charge in [0.1, 0.15) is 5.82 Å². The first-order valence-electron chi connectivity index (χ1n) is 6.03. The molecule has 0 aliphatic heterocycles. The molecule has 0 aliphatic rings. The Hall–Kier alpha value is -1.38. The van der Waals surface area contributed by atoms with Crippen LogP contribution in [-0.2, 0) is 12.8 Å². The molecule has 0 spiro atoms. The Balaban J connectivity index is 2.21. The van der Waals surface area contributed by atoms with Crippen molar-refractivity contribution in [3.05, 3.63) is 12.0 Å². The summed E-state index contributed by atoms with van der Waals surface area (Å²) in [5, 5.41) is 14.2. The number of nitrogen functional groups attached to an aromatic ring is 1. The second-order valence-electron chi connectivity index (χ2n) is 4.27. The zero-order valence-corrected chi connectivity index (χ0v) is 11.8. The zero-order valence-electron chi connectivity index (χ0n) is 11.0. The molecule has 4 N–H and O–H groups in total. The second kappa shape index (κ2) is 6.18. The van der Waals surface area contributed by atoms with Crippen LogP contribution in [0.4, 0.5) is 5.82 Å². The summed E-state index contributed by atoms with van der Waals surface area (Å²) in [4.78, 5) is 8.87. The molecule has 0 saturated carbocycles. The molecule has 8 heteroatoms. The van der Waals surface area contributed by atoms with Crippen LogP contribution < -0.4 is 11.3 Å². The topological polar surface area (TPSA) is 102 Å². The van der Waals surface area contributed by atoms with Gasteiger partial charge >= 0.3 is 0 Å². The highest BCUT2D eigenvalue weighted by Crippen LogP contribution is 2.22. The molecule has 0 aromatic carbocycles. The number of aliphatic hydroxyl groups is 1. The molecule has 1 unspecified atom stereocenters. The number of nitrogens with one attached hydrogen (secondary N) is 1. The predicted molar refractivity (Wildman–Crippen MR) is 76.6 cm³/mol. The molecular formula is C11H18N6OS. The fraction of sp³-hybridized carbons (Fsp3) is 0.545. The number of fused-ring (bicyclic) bond motifs is 1. The number of aryl methyl sites for hydroxylation is 1. The molecule has 0 aliphatic carbocycles. The van der Waals surface area contributed by atoms with Gasteiger partial charge in [-0.15, -0.1) is 0 Å². The summed E-state index contributed by atoms with van der Waals surface area (Å²) in [5.74, 6) is 7.45. The van der Waals surface area contributed by atoms with Crippen LogP contribution >= 0.6 is 11.8 Å². The highest BCUT2D eigenvalue weighted by molar-refractivity contribution is 7.99. The van der Waals surface area contributed by atoms with Crippen molar-refractivity contribution >= 4 is 28.6 Å². The van der Waals surface area contributed by atoms with Crippen LogP contribution in [0.2, 0.25) is 0 Å². The summed E-state index contributed by atoms with van der Waals surface area (Å²) in [5.41, 5.74) is 3.34. The van der Waals surface area contributed by atoms with Gasteiger partial charge in [0.2, 0.25) is 0 Å². The maximum atomic E-state index is 8.88. The van der Waals surface area contributed by atoms with Gasteiger partial charge in [-0.2, -0.15) is 16.9 Å². The fourth-order valence-corrected chi connectivity index (χ4v) is 2.56. The number of hydrogen-bond acceptors (Lipinski definition) is 7. The molecule has 0 bridgehead atoms. The van der Waals surface area contributed by atoms with Crippen molar-refractivity contribution in [3.8, 4) is 0 Å². The van der Waals surface area contributed by atoms with Crippen molar-refractivity contribution in [1.29, 1.82) is 0 Å². The first-order valence-corrected chi connectivity index (χ1v) is 7.08. The molecule has 0 fully saturated rings. The van der Waals surface area contributed by atoms with Gasteiger partial charge in [-0.05, 0) is 6.42 Å². The SMILES string of the molecule is CC(CCO)SCc1nc(NN)c2cnn(C)c2n1. The number of hydrogen-bond donors (Lipinski definition) is 3. The number of aromatic nitrogens is 4. The molecular weight excluding hydrogens is 264 g/mol. The third-order valence-electron chi connectivity index (χ3n) is 2.81. The van der Waals surface area contributed by atoms with Crippen LogP contribution in [-0.4, -0.2) is 36.7 Å². The van der Waals surface area contributed by atoms with E-state index in [2.05, 4.69) is 27.4 Å². The van der Waals surface area contributed by atoms with Gasteiger partial charge in [-0.3, -0.25) is 4.68 Å². The predicted octanol–water partition coefficient (Wildman–Crippen LogP) is 0.653. The Kier molecular flexibility index (Phi) is 4.56. The first kappa shape index (κ1) is 14.0. The summed E-state index contributed by atoms with van der Waals surface area (Å²) in [6, 6.07) is 0. The van der Waals surface area contributed by atoms with Gasteiger partial charge in [0.15, 0.2) is 11.5 Å². The third-order valence-corrected chi connectivity index (χ3v) is 4.04. The molecule has 2 aromatic heterocycles. The Morgan fingerprint density at radius 2 is 2.32 bits per heavy atom. The van der Waals surface area contributed by atoms with Crippen molar-refractivity contribution in [3.63, 3.8) is 0 Å². The molecule has 2 aromatic rings. The Morgan fingerprint density at radius 3 is 3.00 bits per heavy atom. The van der Waals surface area contributed by atoms with E-state index in [1.54, 1.807) is 22.6 Å². The van der Waals surface area contributed by atoms with Crippen molar-refractivity contribution in [1.82, 2.24) is 19.7 Å². The number of nitrogens with zero attached hydrogens (tertiary/aromatic N) is 4. The summed E-state index contributed by atoms with van der Waals surface area (Å²) < 4.78 is 1.70. The molecule has 2 heterocycles. The van der Waals surface area contributed by atoms with Gasteiger partial charge in [0.25, 0.3) is 0 Å². The molecule has 7 nitrogen and oxygen atoms in total. The van der Waals surface area contributed by atoms with E-state index in [9.17, 15) is 0 Å². The Morgan fingerprint density at radius 1 is 1.53 bits per heavy atom. The van der Waals surface area contributed by atoms with E-state index < -0.39 is 0 Å². The maximum Gasteiger partial charge on any atom is 0.163 e. The van der Waals surface area contributed by atoms with Crippen LogP contribution in [0.25, 0.3) is 11.0 Å². The lowest BCUT2D eigenvalue weighted by molar-refractivity contribution is 0.289. The zero-order chi connectivity index (χ0) is 13.8. The van der Waals surface area contributed by atoms with E-state index in [0.717, 1.165) is 17.5 Å². The van der Waals surface area contributed by atoms with E-state index in [1.165, 1.54) is 0 Å². The van der Waals surface area contributed by atoms with Gasteiger partial charge in [-0.25, -0.2) is 15.8 Å². The molecule has 0 amide bonds. The van der Waals surface area contributed by atoms with Crippen LogP contribution in [0.5, 0.6) is 0 Å². The average molecular weight is 282 g/mol. The van der Waals surface area contributed by atoms with E-state index in [4.69, 9.17) is 10.9 Å². The van der Waals surface area contributed by atoms with Gasteiger partial charge in [0, 0.05) is 18.9 Å². The van der Waals surface area contributed by atoms with Gasteiger partial charge in [-0.1, -0.05) is 6.92 Å². The lowest BCUT2D eigenvalue weighted by Gasteiger charge is -2.09. The summed E-state index contributed by atoms with van der Waals surface area (Å²) in [6.45, 7) is 2.27. The number of aliphatic hydroxyl groups excluding tert-OH is 1. The number of rotatable bonds is 6. The van der Waals surface area contributed by atoms with Crippen molar-refractivity contribution in [2.45, 2.75) is 24.3 Å². The molecule has 1 atom stereocenters. The number of nitrogens with two attached hydrogens (primary N) is 1. The lowest BCUT2D eigenvalue weighted by atomic mass is 10.3. The number of thioether (sulfide) groups is 1. The van der Waals surface area contributed by atoms with Crippen LogP contribution in [0.3, 0.4) is 0 Å². The maximum absolute atomic E-state index is 8.88. The number of hydrazine groups is 1. The van der Waals surface area contributed by atoms with Crippen molar-refractivity contribution in [2.75, 3.05) is 12.0 Å². The highest BCUT2D eigenvalue weighted by atomic mass is 32.2. The number of anilines is 1. The molecule has 0 radical (unpaired) electrons. The minimum atomic E-state index is 0.200. The minimum Gasteiger partial charge on any atom is -0.396 e. The van der Waals surface area contributed by atoms with Crippen LogP contribution in [0.15, 0.2) is 6.20 Å². The molecule has 0 saturated heterocycles. The monoisotopic (exact) mass is 282 g/mol. The lowest BCUT2D eigenvalue weighted by Crippen LogP contribution is -2.11. The average Bonchev–Trinajstić information content (AvgIpc) is 2.78. The highest BCUT2D eigenvalue weighted by Gasteiger charge is 2.11. The van der Waals surface area contributed by atoms with Gasteiger partial charge < -0.3 is 10.5 Å². The second-order valence-corrected chi connectivity index (χ2v) is 5.70. The summed E-state index contributed by atoms with van der Waals surface area (Å²) >= 11 is 1.71. The van der Waals surface area contributed by atoms with Crippen LogP contribution in [0.1, 0.15) is 19.2 Å². The largest absolute Gasteiger partial charge is 0.396 e. The fourth-order valence-electron chi connectivity index (χ4n) is 1.72. The quantitative estimate of drug-likeness (QED) is 0.528. The Labute approximate surface area is 115 Å². The van der Waals surface area contributed by atoms with E-state index in [1.807, 2.05) is 7.05 Å². The minimum absolute atomic E-state index is 0.200. The summed E-state index contributed by atoms with van der Waals surface area (Å²) in [7, 11) is 1.83. The molecule has 2 rings (SSSR count). The normalized spacial score (nSPS) is 12.8. The van der Waals surface area contributed by atoms with E-state index >= 15 is 0 Å².